The Hall–Kier alpha value is -5.91. The Labute approximate surface area is 381 Å². The van der Waals surface area contributed by atoms with E-state index in [0.29, 0.717) is 25.8 Å². The van der Waals surface area contributed by atoms with Crippen LogP contribution in [-0.4, -0.2) is 158 Å². The standard InChI is InChI=1S/C31H49N11O12.C4H11N.2C3H8/c1-16(27(50)40-17(2)31(54)42-10-4-6-20(42)30(53)38-15-26(48)49)39-24(46)13-35-22(44)11-34-23(45)12-36-29(52)19(7-8-21(32)43)41-25(47)14-37-28(51)18-5-3-9-33-18;1-2-3-4-5;2*1-3-2/h16-20,33H,3-15H2,1-2H3,(H2,32,43)(H,34,45)(H,35,44)(H,36,52)(H,37,51)(H,38,53)(H,39,46)(H,40,50)(H,41,47)(H,48,49);2-5H2,1H3;2*3H2,1-2H3/t16?,17-,18?,19?,20?;;;/m0.../s1. The minimum atomic E-state index is -1.27. The largest absolute Gasteiger partial charge is 0.480 e. The van der Waals surface area contributed by atoms with Gasteiger partial charge in [0, 0.05) is 13.0 Å². The van der Waals surface area contributed by atoms with Crippen LogP contribution in [0.2, 0.25) is 0 Å². The summed E-state index contributed by atoms with van der Waals surface area (Å²) in [5.74, 6) is -8.24. The van der Waals surface area contributed by atoms with Gasteiger partial charge in [0.2, 0.25) is 59.1 Å². The van der Waals surface area contributed by atoms with Gasteiger partial charge in [-0.05, 0) is 65.5 Å². The number of hydrogen-bond acceptors (Lipinski definition) is 13. The number of hydrogen-bond donors (Lipinski definition) is 12. The Morgan fingerprint density at radius 2 is 1.20 bits per heavy atom. The van der Waals surface area contributed by atoms with Gasteiger partial charge >= 0.3 is 5.97 Å². The molecule has 14 N–H and O–H groups in total. The summed E-state index contributed by atoms with van der Waals surface area (Å²) < 4.78 is 0. The number of rotatable bonds is 23. The molecule has 2 aliphatic rings. The van der Waals surface area contributed by atoms with Crippen LogP contribution in [0.15, 0.2) is 0 Å². The highest BCUT2D eigenvalue weighted by Crippen LogP contribution is 2.18. The lowest BCUT2D eigenvalue weighted by Crippen LogP contribution is -2.56. The molecule has 0 aromatic rings. The minimum Gasteiger partial charge on any atom is -0.480 e. The van der Waals surface area contributed by atoms with Crippen molar-refractivity contribution < 1.29 is 57.8 Å². The van der Waals surface area contributed by atoms with Crippen LogP contribution < -0.4 is 59.3 Å². The van der Waals surface area contributed by atoms with Gasteiger partial charge in [-0.1, -0.05) is 53.9 Å². The zero-order valence-electron chi connectivity index (χ0n) is 39.2. The van der Waals surface area contributed by atoms with Crippen molar-refractivity contribution in [1.29, 1.82) is 0 Å². The summed E-state index contributed by atoms with van der Waals surface area (Å²) in [6.07, 6.45) is 6.68. The van der Waals surface area contributed by atoms with Crippen molar-refractivity contribution in [2.75, 3.05) is 52.4 Å². The number of carboxylic acid groups (broad SMARTS) is 1. The molecule has 10 amide bonds. The van der Waals surface area contributed by atoms with E-state index in [1.54, 1.807) is 0 Å². The topological polar surface area (TPSA) is 372 Å². The van der Waals surface area contributed by atoms with Crippen molar-refractivity contribution >= 4 is 65.0 Å². The average molecular weight is 929 g/mol. The van der Waals surface area contributed by atoms with Gasteiger partial charge in [0.05, 0.1) is 32.2 Å². The first-order valence-corrected chi connectivity index (χ1v) is 22.2. The van der Waals surface area contributed by atoms with Crippen LogP contribution in [0.3, 0.4) is 0 Å². The predicted octanol–water partition coefficient (Wildman–Crippen LogP) is -3.27. The number of carbonyl (C=O) groups excluding carboxylic acids is 10. The molecule has 0 radical (unpaired) electrons. The lowest BCUT2D eigenvalue weighted by molar-refractivity contribution is -0.142. The Morgan fingerprint density at radius 3 is 1.71 bits per heavy atom. The van der Waals surface area contributed by atoms with Gasteiger partial charge in [-0.15, -0.1) is 0 Å². The van der Waals surface area contributed by atoms with E-state index in [1.807, 2.05) is 0 Å². The molecule has 0 spiro atoms. The molecule has 65 heavy (non-hydrogen) atoms. The molecule has 0 aromatic carbocycles. The van der Waals surface area contributed by atoms with E-state index in [9.17, 15) is 52.7 Å². The monoisotopic (exact) mass is 929 g/mol. The van der Waals surface area contributed by atoms with Crippen LogP contribution in [0.5, 0.6) is 0 Å². The number of carbonyl (C=O) groups is 11. The van der Waals surface area contributed by atoms with E-state index in [-0.39, 0.29) is 25.3 Å². The second kappa shape index (κ2) is 36.4. The molecule has 0 aliphatic carbocycles. The Balaban J connectivity index is 0. The Kier molecular flexibility index (Phi) is 34.3. The third kappa shape index (κ3) is 29.2. The van der Waals surface area contributed by atoms with Crippen molar-refractivity contribution in [2.24, 2.45) is 11.5 Å². The predicted molar refractivity (Wildman–Crippen MR) is 240 cm³/mol. The normalized spacial score (nSPS) is 16.0. The van der Waals surface area contributed by atoms with E-state index in [1.165, 1.54) is 44.4 Å². The van der Waals surface area contributed by atoms with Gasteiger partial charge in [0.15, 0.2) is 0 Å². The summed E-state index contributed by atoms with van der Waals surface area (Å²) in [4.78, 5) is 135. The van der Waals surface area contributed by atoms with E-state index in [0.717, 1.165) is 13.0 Å². The van der Waals surface area contributed by atoms with Crippen molar-refractivity contribution in [3.8, 4) is 0 Å². The molecule has 2 rings (SSSR count). The fraction of sp³-hybridized carbons (Fsp3) is 0.732. The minimum absolute atomic E-state index is 0.189. The van der Waals surface area contributed by atoms with Crippen molar-refractivity contribution in [3.63, 3.8) is 0 Å². The zero-order valence-corrected chi connectivity index (χ0v) is 39.2. The highest BCUT2D eigenvalue weighted by Gasteiger charge is 2.37. The van der Waals surface area contributed by atoms with E-state index < -0.39 is 122 Å². The van der Waals surface area contributed by atoms with Crippen LogP contribution in [0.25, 0.3) is 0 Å². The van der Waals surface area contributed by atoms with Crippen LogP contribution in [0, 0.1) is 0 Å². The van der Waals surface area contributed by atoms with Crippen LogP contribution in [-0.2, 0) is 52.7 Å². The fourth-order valence-electron chi connectivity index (χ4n) is 5.57. The number of unbranched alkanes of at least 4 members (excludes halogenated alkanes) is 1. The molecule has 4 unspecified atom stereocenters. The first kappa shape index (κ1) is 61.2. The quantitative estimate of drug-likeness (QED) is 0.0479. The van der Waals surface area contributed by atoms with Gasteiger partial charge in [0.1, 0.15) is 30.7 Å². The molecule has 2 aliphatic heterocycles. The molecule has 5 atom stereocenters. The maximum Gasteiger partial charge on any atom is 0.322 e. The molecule has 24 nitrogen and oxygen atoms in total. The molecule has 0 bridgehead atoms. The summed E-state index contributed by atoms with van der Waals surface area (Å²) in [6, 6.07) is -4.81. The Bertz CT molecular complexity index is 1540. The third-order valence-electron chi connectivity index (χ3n) is 8.76. The number of nitrogens with two attached hydrogens (primary N) is 2. The molecule has 2 heterocycles. The molecule has 2 saturated heterocycles. The summed E-state index contributed by atoms with van der Waals surface area (Å²) in [5.41, 5.74) is 10.3. The summed E-state index contributed by atoms with van der Waals surface area (Å²) in [7, 11) is 0. The molecule has 0 saturated carbocycles. The number of aliphatic carboxylic acids is 1. The molecular weight excluding hydrogens is 853 g/mol. The number of likely N-dealkylation sites (tertiary alicyclic amines) is 1. The lowest BCUT2D eigenvalue weighted by Gasteiger charge is -2.27. The van der Waals surface area contributed by atoms with Crippen molar-refractivity contribution in [3.05, 3.63) is 0 Å². The maximum absolute atomic E-state index is 12.9. The molecule has 0 aromatic heterocycles. The van der Waals surface area contributed by atoms with Crippen molar-refractivity contribution in [1.82, 2.24) is 52.8 Å². The third-order valence-corrected chi connectivity index (χ3v) is 8.76. The maximum atomic E-state index is 12.9. The summed E-state index contributed by atoms with van der Waals surface area (Å²) in [6.45, 7) is 12.3. The van der Waals surface area contributed by atoms with E-state index in [2.05, 4.69) is 82.5 Å². The molecule has 24 heteroatoms. The molecular formula is C41H76N12O12. The number of amides is 10. The molecule has 372 valence electrons. The highest BCUT2D eigenvalue weighted by atomic mass is 16.4. The zero-order chi connectivity index (χ0) is 49.9. The number of nitrogens with zero attached hydrogens (tertiary/aromatic N) is 1. The first-order valence-electron chi connectivity index (χ1n) is 22.2. The van der Waals surface area contributed by atoms with Crippen molar-refractivity contribution in [2.45, 2.75) is 143 Å². The Morgan fingerprint density at radius 1 is 0.662 bits per heavy atom. The number of carboxylic acids is 1. The number of primary amides is 1. The smallest absolute Gasteiger partial charge is 0.322 e. The van der Waals surface area contributed by atoms with Gasteiger partial charge in [0.25, 0.3) is 0 Å². The van der Waals surface area contributed by atoms with Gasteiger partial charge in [-0.3, -0.25) is 52.7 Å². The van der Waals surface area contributed by atoms with Gasteiger partial charge in [-0.25, -0.2) is 0 Å². The van der Waals surface area contributed by atoms with Crippen LogP contribution >= 0.6 is 0 Å². The molecule has 2 fully saturated rings. The highest BCUT2D eigenvalue weighted by molar-refractivity contribution is 5.96. The van der Waals surface area contributed by atoms with E-state index in [4.69, 9.17) is 16.6 Å². The first-order chi connectivity index (χ1) is 30.7. The van der Waals surface area contributed by atoms with Gasteiger partial charge < -0.3 is 69.3 Å². The van der Waals surface area contributed by atoms with E-state index >= 15 is 0 Å². The second-order valence-electron chi connectivity index (χ2n) is 15.1. The SMILES string of the molecule is CC(NC(=O)CNC(=O)CNC(=O)CNC(=O)C(CCC(N)=O)NC(=O)CNC(=O)C1CCCN1)C(=O)N[C@@H](C)C(=O)N1CCCC1C(=O)NCC(=O)O.CCC.CCC.CCCCN. The summed E-state index contributed by atoms with van der Waals surface area (Å²) >= 11 is 0. The fourth-order valence-corrected chi connectivity index (χ4v) is 5.57. The van der Waals surface area contributed by atoms with Crippen LogP contribution in [0.1, 0.15) is 113 Å². The lowest BCUT2D eigenvalue weighted by atomic mass is 10.1. The summed E-state index contributed by atoms with van der Waals surface area (Å²) in [5, 5.41) is 30.3. The average Bonchev–Trinajstić information content (AvgIpc) is 3.98. The second-order valence-corrected chi connectivity index (χ2v) is 15.1. The van der Waals surface area contributed by atoms with Crippen LogP contribution in [0.4, 0.5) is 0 Å². The van der Waals surface area contributed by atoms with Gasteiger partial charge in [-0.2, -0.15) is 0 Å². The number of nitrogens with one attached hydrogen (secondary N) is 9.